The minimum atomic E-state index is -0.940. The summed E-state index contributed by atoms with van der Waals surface area (Å²) in [5, 5.41) is 45.2. The molecule has 9 aliphatic rings. The molecule has 2 unspecified atom stereocenters. The van der Waals surface area contributed by atoms with Crippen LogP contribution in [0.15, 0.2) is 171 Å². The number of fused-ring (bicyclic) bond motifs is 15. The van der Waals surface area contributed by atoms with Gasteiger partial charge in [0.25, 0.3) is 0 Å². The summed E-state index contributed by atoms with van der Waals surface area (Å²) in [5.74, 6) is -8.95. The van der Waals surface area contributed by atoms with E-state index in [1.807, 2.05) is 53.2 Å². The maximum absolute atomic E-state index is 17.2. The van der Waals surface area contributed by atoms with Crippen LogP contribution in [0.4, 0.5) is 43.8 Å². The van der Waals surface area contributed by atoms with Gasteiger partial charge < -0.3 is 59.1 Å². The Balaban J connectivity index is 0.700. The Hall–Kier alpha value is -12.8. The normalized spacial score (nSPS) is 23.1. The zero-order chi connectivity index (χ0) is 77.4. The summed E-state index contributed by atoms with van der Waals surface area (Å²) in [5.41, 5.74) is 4.44. The SMILES string of the molecule is O=C(O)C1C2CCC(CC2)C1Nc1nc(-c2cn(-c3cccc(-n4ccc5c(N[C@@H]6C7CCC(CC7)[C@H]6C(=O)O)nc(-c6cn(-c7cccc(-n8ccc9c(N[C@@H]%10C%11CCC(CC%11)[C@H]%10C(=O)O)nc(-c%10c[nH]c%11c(F)cc(F)cc%10%11)nc98)c7)c7c(F)cc(F)cc67)nc54)c3)c3c(F)cc(F)cc23)nc2c1ccn2-c1ccccc1. The first-order valence-electron chi connectivity index (χ1n) is 38.8. The summed E-state index contributed by atoms with van der Waals surface area (Å²) in [7, 11) is 0. The molecule has 0 radical (unpaired) electrons. The number of nitrogens with zero attached hydrogens (tertiary/aromatic N) is 11. The lowest BCUT2D eigenvalue weighted by Crippen LogP contribution is -2.51. The van der Waals surface area contributed by atoms with E-state index in [0.29, 0.717) is 67.5 Å². The van der Waals surface area contributed by atoms with E-state index in [2.05, 4.69) is 20.9 Å². The van der Waals surface area contributed by atoms with E-state index in [-0.39, 0.29) is 108 Å². The number of anilines is 3. The number of benzene rings is 6. The molecule has 9 saturated carbocycles. The van der Waals surface area contributed by atoms with Crippen LogP contribution in [-0.4, -0.2) is 109 Å². The minimum absolute atomic E-state index is 0.00383. The summed E-state index contributed by atoms with van der Waals surface area (Å²) in [6.07, 6.45) is 19.9. The molecule has 572 valence electrons. The number of hydrogen-bond donors (Lipinski definition) is 7. The zero-order valence-electron chi connectivity index (χ0n) is 60.8. The lowest BCUT2D eigenvalue weighted by atomic mass is 9.61. The predicted molar refractivity (Wildman–Crippen MR) is 417 cm³/mol. The number of hydrogen-bond acceptors (Lipinski definition) is 12. The van der Waals surface area contributed by atoms with Crippen molar-refractivity contribution in [3.8, 4) is 62.6 Å². The van der Waals surface area contributed by atoms with Gasteiger partial charge in [0.2, 0.25) is 0 Å². The largest absolute Gasteiger partial charge is 0.481 e. The smallest absolute Gasteiger partial charge is 0.308 e. The average Bonchev–Trinajstić information content (AvgIpc) is 1.57. The number of carboxylic acids is 3. The van der Waals surface area contributed by atoms with Gasteiger partial charge in [-0.15, -0.1) is 0 Å². The molecule has 6 aromatic carbocycles. The molecule has 114 heavy (non-hydrogen) atoms. The number of aliphatic carboxylic acids is 3. The number of halogens is 6. The molecule has 9 heterocycles. The molecule has 9 aromatic heterocycles. The first-order valence-corrected chi connectivity index (χ1v) is 38.8. The third-order valence-electron chi connectivity index (χ3n) is 25.9. The second-order valence-electron chi connectivity index (χ2n) is 31.9. The quantitative estimate of drug-likeness (QED) is 0.0418. The van der Waals surface area contributed by atoms with Gasteiger partial charge in [0, 0.05) is 135 Å². The van der Waals surface area contributed by atoms with Gasteiger partial charge in [-0.3, -0.25) is 14.4 Å². The highest BCUT2D eigenvalue weighted by Gasteiger charge is 2.51. The van der Waals surface area contributed by atoms with Crippen molar-refractivity contribution in [2.24, 2.45) is 53.3 Å². The molecule has 9 fully saturated rings. The van der Waals surface area contributed by atoms with Crippen LogP contribution in [0.3, 0.4) is 0 Å². The van der Waals surface area contributed by atoms with E-state index in [9.17, 15) is 29.7 Å². The predicted octanol–water partition coefficient (Wildman–Crippen LogP) is 18.0. The van der Waals surface area contributed by atoms with Gasteiger partial charge in [-0.1, -0.05) is 30.3 Å². The van der Waals surface area contributed by atoms with Gasteiger partial charge >= 0.3 is 17.9 Å². The highest BCUT2D eigenvalue weighted by atomic mass is 19.2. The fraction of sp³-hybridized carbons (Fsp3) is 0.276. The van der Waals surface area contributed by atoms with Gasteiger partial charge in [0.15, 0.2) is 46.0 Å². The summed E-state index contributed by atoms with van der Waals surface area (Å²) in [6, 6.07) is 33.8. The van der Waals surface area contributed by atoms with Crippen molar-refractivity contribution < 1.29 is 56.0 Å². The maximum Gasteiger partial charge on any atom is 0.308 e. The van der Waals surface area contributed by atoms with E-state index < -0.39 is 88.7 Å². The Morgan fingerprint density at radius 2 is 0.684 bits per heavy atom. The van der Waals surface area contributed by atoms with Crippen molar-refractivity contribution in [1.29, 1.82) is 0 Å². The number of nitrogens with one attached hydrogen (secondary N) is 4. The van der Waals surface area contributed by atoms with Crippen LogP contribution in [0, 0.1) is 88.2 Å². The number of rotatable bonds is 17. The number of para-hydroxylation sites is 1. The van der Waals surface area contributed by atoms with Gasteiger partial charge in [0.05, 0.1) is 50.5 Å². The first kappa shape index (κ1) is 69.2. The van der Waals surface area contributed by atoms with Crippen molar-refractivity contribution in [3.05, 3.63) is 206 Å². The third kappa shape index (κ3) is 11.1. The van der Waals surface area contributed by atoms with E-state index in [1.165, 1.54) is 24.4 Å². The van der Waals surface area contributed by atoms with Crippen LogP contribution in [-0.2, 0) is 14.4 Å². The highest BCUT2D eigenvalue weighted by molar-refractivity contribution is 6.02. The molecular formula is C87H71F6N15O6. The van der Waals surface area contributed by atoms with Gasteiger partial charge in [-0.05, 0) is 197 Å². The molecule has 9 aliphatic carbocycles. The van der Waals surface area contributed by atoms with Crippen LogP contribution >= 0.6 is 0 Å². The average molecular weight is 1540 g/mol. The van der Waals surface area contributed by atoms with Crippen LogP contribution in [0.2, 0.25) is 0 Å². The Bertz CT molecular complexity index is 6520. The standard InChI is InChI=1S/C87H71F6N15O6/c88-47-30-58-61(38-94-73(58)64(91)33-47)79-98-76(95-70-44-18-12-41(13-19-44)67(70)85(109)110)56-25-28-105(83(56)101-79)51-8-4-10-53(36-51)108-40-63(60-32-49(90)35-66(93)75(60)108)81-100-78(97-72-46-22-16-43(17-23-46)69(72)87(113)114)57-26-29-106(84(57)103-81)52-9-5-11-54(37-52)107-39-62(59-31-48(89)34-65(92)74(59)107)80-99-77(96-71-45-20-14-42(15-21-45)68(71)86(111)112)55-24-27-104(82(55)102-80)50-6-2-1-3-7-50/h1-11,24-46,67-72,94H,12-23H2,(H,109,110)(H,111,112)(H,113,114)(H,95,98,101)(H,96,99,102)(H,97,100,103)/t41?,42?,43?,44?,45?,46?,67-,68?,69-,70-,71?,72-/m1/s1. The van der Waals surface area contributed by atoms with E-state index in [1.54, 1.807) is 97.7 Å². The summed E-state index contributed by atoms with van der Waals surface area (Å²) in [6.45, 7) is 0. The van der Waals surface area contributed by atoms with Gasteiger partial charge in [0.1, 0.15) is 40.7 Å². The van der Waals surface area contributed by atoms with Crippen molar-refractivity contribution in [3.63, 3.8) is 0 Å². The van der Waals surface area contributed by atoms with Crippen molar-refractivity contribution >= 4 is 101 Å². The van der Waals surface area contributed by atoms with Crippen LogP contribution in [0.1, 0.15) is 77.0 Å². The van der Waals surface area contributed by atoms with E-state index in [4.69, 9.17) is 29.9 Å². The Labute approximate surface area is 644 Å². The number of aromatic nitrogens is 12. The summed E-state index contributed by atoms with van der Waals surface area (Å²) >= 11 is 0. The number of carbonyl (C=O) groups is 3. The lowest BCUT2D eigenvalue weighted by molar-refractivity contribution is -0.149. The van der Waals surface area contributed by atoms with Crippen LogP contribution < -0.4 is 16.0 Å². The van der Waals surface area contributed by atoms with Crippen molar-refractivity contribution in [1.82, 2.24) is 57.7 Å². The number of H-pyrrole nitrogens is 1. The topological polar surface area (TPSA) is 266 Å². The van der Waals surface area contributed by atoms with Gasteiger partial charge in [-0.25, -0.2) is 56.2 Å². The highest BCUT2D eigenvalue weighted by Crippen LogP contribution is 2.51. The Morgan fingerprint density at radius 3 is 1.07 bits per heavy atom. The van der Waals surface area contributed by atoms with E-state index in [0.717, 1.165) is 101 Å². The molecule has 0 amide bonds. The molecule has 0 spiro atoms. The molecule has 21 nitrogen and oxygen atoms in total. The van der Waals surface area contributed by atoms with Crippen LogP contribution in [0.25, 0.3) is 128 Å². The molecule has 6 bridgehead atoms. The first-order chi connectivity index (χ1) is 55.4. The number of aromatic amines is 1. The molecule has 0 saturated heterocycles. The fourth-order valence-corrected chi connectivity index (χ4v) is 20.7. The molecule has 24 rings (SSSR count). The maximum atomic E-state index is 17.2. The molecule has 6 atom stereocenters. The Morgan fingerprint density at radius 1 is 0.351 bits per heavy atom. The zero-order valence-corrected chi connectivity index (χ0v) is 60.8. The molecular weight excluding hydrogens is 1470 g/mol. The molecule has 0 aliphatic heterocycles. The Kier molecular flexibility index (Phi) is 16.0. The van der Waals surface area contributed by atoms with Crippen molar-refractivity contribution in [2.75, 3.05) is 16.0 Å². The van der Waals surface area contributed by atoms with Crippen molar-refractivity contribution in [2.45, 2.75) is 95.2 Å². The second kappa shape index (κ2) is 26.4. The molecule has 7 N–H and O–H groups in total. The lowest BCUT2D eigenvalue weighted by Gasteiger charge is -2.47. The minimum Gasteiger partial charge on any atom is -0.481 e. The second-order valence-corrected chi connectivity index (χ2v) is 31.9. The molecule has 15 aromatic rings. The van der Waals surface area contributed by atoms with Gasteiger partial charge in [-0.2, -0.15) is 0 Å². The van der Waals surface area contributed by atoms with Crippen LogP contribution in [0.5, 0.6) is 0 Å². The van der Waals surface area contributed by atoms with E-state index >= 15 is 26.3 Å². The fourth-order valence-electron chi connectivity index (χ4n) is 20.7. The summed E-state index contributed by atoms with van der Waals surface area (Å²) < 4.78 is 106. The molecule has 27 heteroatoms. The monoisotopic (exact) mass is 1540 g/mol. The third-order valence-corrected chi connectivity index (χ3v) is 25.9. The number of carboxylic acid groups (broad SMARTS) is 3. The summed E-state index contributed by atoms with van der Waals surface area (Å²) in [4.78, 5) is 73.4.